The monoisotopic (exact) mass is 430 g/mol. The molecule has 2 N–H and O–H groups in total. The Morgan fingerprint density at radius 1 is 1.19 bits per heavy atom. The zero-order chi connectivity index (χ0) is 21.9. The fraction of sp³-hybridized carbons (Fsp3) is 0.292. The third kappa shape index (κ3) is 4.09. The van der Waals surface area contributed by atoms with Gasteiger partial charge in [0.2, 0.25) is 0 Å². The van der Waals surface area contributed by atoms with E-state index in [1.54, 1.807) is 11.2 Å². The van der Waals surface area contributed by atoms with E-state index in [2.05, 4.69) is 37.4 Å². The zero-order valence-electron chi connectivity index (χ0n) is 18.0. The minimum Gasteiger partial charge on any atom is -0.378 e. The van der Waals surface area contributed by atoms with Crippen LogP contribution in [-0.4, -0.2) is 62.0 Å². The number of nitrogens with zero attached hydrogens (tertiary/aromatic N) is 4. The molecule has 1 fully saturated rings. The van der Waals surface area contributed by atoms with Crippen molar-refractivity contribution in [1.29, 1.82) is 0 Å². The molecule has 0 atom stereocenters. The molecule has 1 aromatic carbocycles. The van der Waals surface area contributed by atoms with Gasteiger partial charge in [-0.2, -0.15) is 5.10 Å². The van der Waals surface area contributed by atoms with Gasteiger partial charge in [-0.15, -0.1) is 0 Å². The maximum absolute atomic E-state index is 12.1. The molecule has 1 amide bonds. The smallest absolute Gasteiger partial charge is 0.253 e. The number of hydrogen-bond donors (Lipinski definition) is 2. The summed E-state index contributed by atoms with van der Waals surface area (Å²) < 4.78 is 5.48. The van der Waals surface area contributed by atoms with E-state index >= 15 is 0 Å². The second kappa shape index (κ2) is 8.84. The number of nitrogens with one attached hydrogen (secondary N) is 2. The first-order valence-electron chi connectivity index (χ1n) is 10.8. The van der Waals surface area contributed by atoms with Gasteiger partial charge in [0, 0.05) is 67.5 Å². The van der Waals surface area contributed by atoms with Crippen LogP contribution in [0.25, 0.3) is 11.3 Å². The Bertz CT molecular complexity index is 1150. The second-order valence-corrected chi connectivity index (χ2v) is 7.91. The second-order valence-electron chi connectivity index (χ2n) is 7.91. The van der Waals surface area contributed by atoms with Gasteiger partial charge in [0.1, 0.15) is 5.82 Å². The number of aromatic nitrogens is 2. The molecular formula is C24H26N6O2. The van der Waals surface area contributed by atoms with Crippen LogP contribution in [0.5, 0.6) is 0 Å². The highest BCUT2D eigenvalue weighted by molar-refractivity contribution is 5.97. The standard InChI is InChI=1S/C24H26N6O2/c1-29(27-16-18-4-2-3-5-22(18)30-10-12-32-13-11-30)23-14-17(6-8-25-23)21-15-19-20(28-21)7-9-26-24(19)31/h2-6,8,14-16,28H,7,9-13H2,1H3,(H,26,31)/b27-16+. The first-order chi connectivity index (χ1) is 15.7. The molecule has 0 saturated carbocycles. The van der Waals surface area contributed by atoms with Gasteiger partial charge in [-0.3, -0.25) is 9.80 Å². The van der Waals surface area contributed by atoms with Crippen LogP contribution in [0.4, 0.5) is 11.5 Å². The first kappa shape index (κ1) is 20.3. The summed E-state index contributed by atoms with van der Waals surface area (Å²) in [4.78, 5) is 22.3. The normalized spacial score (nSPS) is 16.2. The molecule has 0 unspecified atom stereocenters. The van der Waals surface area contributed by atoms with Crippen LogP contribution in [0.1, 0.15) is 21.6 Å². The summed E-state index contributed by atoms with van der Waals surface area (Å²) in [6.07, 6.45) is 4.45. The highest BCUT2D eigenvalue weighted by atomic mass is 16.5. The molecule has 3 aromatic rings. The number of carbonyl (C=O) groups excluding carboxylic acids is 1. The van der Waals surface area contributed by atoms with Crippen molar-refractivity contribution in [3.8, 4) is 11.3 Å². The van der Waals surface area contributed by atoms with Gasteiger partial charge in [0.25, 0.3) is 5.91 Å². The Morgan fingerprint density at radius 2 is 2.03 bits per heavy atom. The van der Waals surface area contributed by atoms with Crippen LogP contribution in [0.15, 0.2) is 53.8 Å². The van der Waals surface area contributed by atoms with Crippen molar-refractivity contribution in [2.75, 3.05) is 49.8 Å². The van der Waals surface area contributed by atoms with Crippen LogP contribution in [0.2, 0.25) is 0 Å². The molecule has 0 spiro atoms. The molecule has 8 nitrogen and oxygen atoms in total. The highest BCUT2D eigenvalue weighted by Crippen LogP contribution is 2.26. The van der Waals surface area contributed by atoms with Crippen LogP contribution in [-0.2, 0) is 11.2 Å². The fourth-order valence-electron chi connectivity index (χ4n) is 4.11. The van der Waals surface area contributed by atoms with Gasteiger partial charge in [0.15, 0.2) is 0 Å². The molecule has 2 aliphatic heterocycles. The summed E-state index contributed by atoms with van der Waals surface area (Å²) in [6, 6.07) is 14.1. The number of amides is 1. The number of ether oxygens (including phenoxy) is 1. The van der Waals surface area contributed by atoms with E-state index in [4.69, 9.17) is 4.74 Å². The number of H-pyrrole nitrogens is 1. The minimum absolute atomic E-state index is 0.0244. The highest BCUT2D eigenvalue weighted by Gasteiger charge is 2.20. The van der Waals surface area contributed by atoms with E-state index in [0.717, 1.165) is 72.3 Å². The number of anilines is 2. The molecule has 0 radical (unpaired) electrons. The zero-order valence-corrected chi connectivity index (χ0v) is 18.0. The maximum Gasteiger partial charge on any atom is 0.253 e. The van der Waals surface area contributed by atoms with Gasteiger partial charge in [-0.05, 0) is 24.3 Å². The molecule has 32 heavy (non-hydrogen) atoms. The van der Waals surface area contributed by atoms with Gasteiger partial charge in [-0.25, -0.2) is 4.98 Å². The van der Waals surface area contributed by atoms with Crippen LogP contribution < -0.4 is 15.2 Å². The SMILES string of the molecule is CN(/N=C/c1ccccc1N1CCOCC1)c1cc(-c2cc3c([nH]2)CCNC3=O)ccn1. The molecule has 5 rings (SSSR count). The molecule has 0 bridgehead atoms. The van der Waals surface area contributed by atoms with E-state index in [1.807, 2.05) is 43.6 Å². The van der Waals surface area contributed by atoms with Gasteiger partial charge in [0.05, 0.1) is 25.0 Å². The van der Waals surface area contributed by atoms with E-state index in [1.165, 1.54) is 0 Å². The number of para-hydroxylation sites is 1. The molecular weight excluding hydrogens is 404 g/mol. The Kier molecular flexibility index (Phi) is 5.60. The number of aromatic amines is 1. The summed E-state index contributed by atoms with van der Waals surface area (Å²) in [5, 5.41) is 9.29. The molecule has 2 aliphatic rings. The lowest BCUT2D eigenvalue weighted by atomic mass is 10.1. The van der Waals surface area contributed by atoms with Crippen molar-refractivity contribution in [2.24, 2.45) is 5.10 Å². The van der Waals surface area contributed by atoms with Crippen molar-refractivity contribution in [1.82, 2.24) is 15.3 Å². The Labute approximate surface area is 186 Å². The lowest BCUT2D eigenvalue weighted by Crippen LogP contribution is -2.36. The number of morpholine rings is 1. The quantitative estimate of drug-likeness (QED) is 0.480. The number of fused-ring (bicyclic) bond motifs is 1. The largest absolute Gasteiger partial charge is 0.378 e. The van der Waals surface area contributed by atoms with Gasteiger partial charge < -0.3 is 19.9 Å². The van der Waals surface area contributed by atoms with Crippen LogP contribution in [0, 0.1) is 0 Å². The predicted molar refractivity (Wildman–Crippen MR) is 126 cm³/mol. The van der Waals surface area contributed by atoms with E-state index in [9.17, 15) is 4.79 Å². The Hall–Kier alpha value is -3.65. The average Bonchev–Trinajstić information content (AvgIpc) is 3.29. The van der Waals surface area contributed by atoms with E-state index < -0.39 is 0 Å². The van der Waals surface area contributed by atoms with Crippen molar-refractivity contribution in [2.45, 2.75) is 6.42 Å². The molecule has 2 aromatic heterocycles. The minimum atomic E-state index is -0.0244. The van der Waals surface area contributed by atoms with Crippen molar-refractivity contribution in [3.63, 3.8) is 0 Å². The summed E-state index contributed by atoms with van der Waals surface area (Å²) in [5.74, 6) is 0.698. The molecule has 1 saturated heterocycles. The lowest BCUT2D eigenvalue weighted by molar-refractivity contribution is 0.0946. The Balaban J connectivity index is 1.37. The maximum atomic E-state index is 12.1. The first-order valence-corrected chi connectivity index (χ1v) is 10.8. The summed E-state index contributed by atoms with van der Waals surface area (Å²) in [6.45, 7) is 3.90. The number of hydrazone groups is 1. The average molecular weight is 431 g/mol. The lowest BCUT2D eigenvalue weighted by Gasteiger charge is -2.30. The van der Waals surface area contributed by atoms with Gasteiger partial charge >= 0.3 is 0 Å². The van der Waals surface area contributed by atoms with Crippen molar-refractivity contribution in [3.05, 3.63) is 65.5 Å². The van der Waals surface area contributed by atoms with E-state index in [0.29, 0.717) is 6.54 Å². The third-order valence-electron chi connectivity index (χ3n) is 5.85. The van der Waals surface area contributed by atoms with Gasteiger partial charge in [-0.1, -0.05) is 18.2 Å². The van der Waals surface area contributed by atoms with E-state index in [-0.39, 0.29) is 5.91 Å². The fourth-order valence-corrected chi connectivity index (χ4v) is 4.11. The predicted octanol–water partition coefficient (Wildman–Crippen LogP) is 2.67. The molecule has 164 valence electrons. The van der Waals surface area contributed by atoms with Crippen molar-refractivity contribution >= 4 is 23.6 Å². The molecule has 8 heteroatoms. The number of hydrogen-bond acceptors (Lipinski definition) is 6. The molecule has 0 aliphatic carbocycles. The summed E-state index contributed by atoms with van der Waals surface area (Å²) in [5.41, 5.74) is 5.79. The number of benzene rings is 1. The number of pyridine rings is 1. The summed E-state index contributed by atoms with van der Waals surface area (Å²) >= 11 is 0. The molecule has 4 heterocycles. The third-order valence-corrected chi connectivity index (χ3v) is 5.85. The van der Waals surface area contributed by atoms with Crippen LogP contribution >= 0.6 is 0 Å². The Morgan fingerprint density at radius 3 is 2.88 bits per heavy atom. The summed E-state index contributed by atoms with van der Waals surface area (Å²) in [7, 11) is 1.88. The van der Waals surface area contributed by atoms with Crippen molar-refractivity contribution < 1.29 is 9.53 Å². The number of rotatable bonds is 5. The number of carbonyl (C=O) groups is 1. The van der Waals surface area contributed by atoms with Crippen LogP contribution in [0.3, 0.4) is 0 Å². The topological polar surface area (TPSA) is 85.9 Å².